The van der Waals surface area contributed by atoms with Crippen molar-refractivity contribution in [1.29, 1.82) is 5.26 Å². The summed E-state index contributed by atoms with van der Waals surface area (Å²) in [6, 6.07) is 9.26. The van der Waals surface area contributed by atoms with Gasteiger partial charge in [-0.2, -0.15) is 5.26 Å². The smallest absolute Gasteiger partial charge is 0.310 e. The van der Waals surface area contributed by atoms with Gasteiger partial charge in [0.25, 0.3) is 0 Å². The summed E-state index contributed by atoms with van der Waals surface area (Å²) in [4.78, 5) is 11.5. The van der Waals surface area contributed by atoms with Crippen molar-refractivity contribution >= 4 is 5.97 Å². The number of nitrogens with zero attached hydrogens (tertiary/aromatic N) is 1. The fraction of sp³-hybridized carbons (Fsp3) is 0.385. The molecule has 0 amide bonds. The van der Waals surface area contributed by atoms with E-state index in [0.29, 0.717) is 0 Å². The zero-order chi connectivity index (χ0) is 12.7. The summed E-state index contributed by atoms with van der Waals surface area (Å²) in [5.74, 6) is -0.0106. The quantitative estimate of drug-likeness (QED) is 0.732. The molecule has 0 radical (unpaired) electrons. The summed E-state index contributed by atoms with van der Waals surface area (Å²) >= 11 is 0. The maximum absolute atomic E-state index is 11.5. The van der Waals surface area contributed by atoms with Crippen LogP contribution in [0, 0.1) is 17.2 Å². The minimum atomic E-state index is -0.384. The average molecular weight is 233 g/mol. The van der Waals surface area contributed by atoms with E-state index in [1.54, 1.807) is 14.0 Å². The molecule has 0 bridgehead atoms. The minimum Gasteiger partial charge on any atom is -0.497 e. The zero-order valence-electron chi connectivity index (χ0n) is 9.97. The standard InChI is InChI=1S/C13H15NO3/c1-10(6-7-14)13(15)17-9-11-4-3-5-12(8-11)16-2/h3-5,8,10H,6,9H2,1-2H3. The molecule has 0 saturated carbocycles. The maximum atomic E-state index is 11.5. The van der Waals surface area contributed by atoms with Crippen LogP contribution in [0.2, 0.25) is 0 Å². The van der Waals surface area contributed by atoms with Crippen molar-refractivity contribution in [2.45, 2.75) is 20.0 Å². The lowest BCUT2D eigenvalue weighted by atomic mass is 10.1. The van der Waals surface area contributed by atoms with E-state index in [-0.39, 0.29) is 24.9 Å². The molecule has 1 unspecified atom stereocenters. The molecule has 0 aliphatic rings. The van der Waals surface area contributed by atoms with Crippen molar-refractivity contribution in [1.82, 2.24) is 0 Å². The van der Waals surface area contributed by atoms with Gasteiger partial charge in [0.2, 0.25) is 0 Å². The largest absolute Gasteiger partial charge is 0.497 e. The second-order valence-corrected chi connectivity index (χ2v) is 3.72. The predicted octanol–water partition coefficient (Wildman–Crippen LogP) is 2.29. The van der Waals surface area contributed by atoms with Crippen molar-refractivity contribution < 1.29 is 14.3 Å². The molecule has 4 heteroatoms. The molecule has 0 spiro atoms. The van der Waals surface area contributed by atoms with Gasteiger partial charge in [-0.3, -0.25) is 4.79 Å². The van der Waals surface area contributed by atoms with Gasteiger partial charge in [-0.05, 0) is 17.7 Å². The average Bonchev–Trinajstić information content (AvgIpc) is 2.36. The second-order valence-electron chi connectivity index (χ2n) is 3.72. The number of rotatable bonds is 5. The minimum absolute atomic E-state index is 0.178. The van der Waals surface area contributed by atoms with Gasteiger partial charge in [-0.25, -0.2) is 0 Å². The van der Waals surface area contributed by atoms with E-state index in [1.165, 1.54) is 0 Å². The van der Waals surface area contributed by atoms with Crippen LogP contribution in [0.5, 0.6) is 5.75 Å². The molecule has 0 aliphatic carbocycles. The van der Waals surface area contributed by atoms with Crippen LogP contribution in [-0.2, 0) is 16.1 Å². The molecule has 17 heavy (non-hydrogen) atoms. The van der Waals surface area contributed by atoms with Crippen molar-refractivity contribution in [3.05, 3.63) is 29.8 Å². The van der Waals surface area contributed by atoms with E-state index in [9.17, 15) is 4.79 Å². The van der Waals surface area contributed by atoms with Crippen molar-refractivity contribution in [3.63, 3.8) is 0 Å². The highest BCUT2D eigenvalue weighted by Gasteiger charge is 2.13. The van der Waals surface area contributed by atoms with Crippen molar-refractivity contribution in [2.24, 2.45) is 5.92 Å². The first-order valence-electron chi connectivity index (χ1n) is 5.34. The number of hydrogen-bond donors (Lipinski definition) is 0. The number of hydrogen-bond acceptors (Lipinski definition) is 4. The van der Waals surface area contributed by atoms with Crippen LogP contribution in [-0.4, -0.2) is 13.1 Å². The van der Waals surface area contributed by atoms with Gasteiger partial charge < -0.3 is 9.47 Å². The Kier molecular flexibility index (Phi) is 5.02. The number of esters is 1. The molecular weight excluding hydrogens is 218 g/mol. The summed E-state index contributed by atoms with van der Waals surface area (Å²) in [6.45, 7) is 1.88. The third kappa shape index (κ3) is 4.15. The lowest BCUT2D eigenvalue weighted by Crippen LogP contribution is -2.14. The molecule has 0 N–H and O–H groups in total. The summed E-state index contributed by atoms with van der Waals surface area (Å²) in [5, 5.41) is 8.46. The van der Waals surface area contributed by atoms with E-state index in [0.717, 1.165) is 11.3 Å². The van der Waals surface area contributed by atoms with Crippen LogP contribution < -0.4 is 4.74 Å². The van der Waals surface area contributed by atoms with E-state index >= 15 is 0 Å². The van der Waals surface area contributed by atoms with Crippen LogP contribution in [0.3, 0.4) is 0 Å². The maximum Gasteiger partial charge on any atom is 0.310 e. The van der Waals surface area contributed by atoms with Gasteiger partial charge in [-0.1, -0.05) is 19.1 Å². The molecule has 1 aromatic carbocycles. The number of carbonyl (C=O) groups is 1. The molecule has 1 atom stereocenters. The van der Waals surface area contributed by atoms with Gasteiger partial charge in [0, 0.05) is 6.42 Å². The van der Waals surface area contributed by atoms with E-state index in [1.807, 2.05) is 30.3 Å². The first-order chi connectivity index (χ1) is 8.17. The van der Waals surface area contributed by atoms with Crippen LogP contribution >= 0.6 is 0 Å². The molecule has 0 fully saturated rings. The number of benzene rings is 1. The zero-order valence-corrected chi connectivity index (χ0v) is 9.97. The van der Waals surface area contributed by atoms with Gasteiger partial charge in [0.15, 0.2) is 0 Å². The molecule has 4 nitrogen and oxygen atoms in total. The summed E-state index contributed by atoms with van der Waals surface area (Å²) in [7, 11) is 1.58. The lowest BCUT2D eigenvalue weighted by molar-refractivity contribution is -0.149. The Morgan fingerprint density at radius 2 is 2.29 bits per heavy atom. The second kappa shape index (κ2) is 6.54. The highest BCUT2D eigenvalue weighted by molar-refractivity contribution is 5.72. The van der Waals surface area contributed by atoms with Crippen molar-refractivity contribution in [2.75, 3.05) is 7.11 Å². The Labute approximate surface area is 101 Å². The number of ether oxygens (including phenoxy) is 2. The molecule has 0 heterocycles. The number of nitriles is 1. The van der Waals surface area contributed by atoms with Gasteiger partial charge in [0.05, 0.1) is 19.1 Å². The number of carbonyl (C=O) groups excluding carboxylic acids is 1. The monoisotopic (exact) mass is 233 g/mol. The molecule has 1 rings (SSSR count). The molecule has 1 aromatic rings. The van der Waals surface area contributed by atoms with E-state index in [4.69, 9.17) is 14.7 Å². The Bertz CT molecular complexity index is 423. The van der Waals surface area contributed by atoms with Gasteiger partial charge >= 0.3 is 5.97 Å². The number of methoxy groups -OCH3 is 1. The Morgan fingerprint density at radius 3 is 2.94 bits per heavy atom. The molecule has 0 aliphatic heterocycles. The summed E-state index contributed by atoms with van der Waals surface area (Å²) in [6.07, 6.45) is 0.178. The summed E-state index contributed by atoms with van der Waals surface area (Å²) < 4.78 is 10.2. The van der Waals surface area contributed by atoms with Crippen LogP contribution in [0.15, 0.2) is 24.3 Å². The fourth-order valence-electron chi connectivity index (χ4n) is 1.28. The molecule has 0 saturated heterocycles. The topological polar surface area (TPSA) is 59.3 Å². The highest BCUT2D eigenvalue weighted by Crippen LogP contribution is 2.14. The molecule has 0 aromatic heterocycles. The third-order valence-corrected chi connectivity index (χ3v) is 2.32. The third-order valence-electron chi connectivity index (χ3n) is 2.32. The van der Waals surface area contributed by atoms with Crippen LogP contribution in [0.1, 0.15) is 18.9 Å². The van der Waals surface area contributed by atoms with Crippen LogP contribution in [0.4, 0.5) is 0 Å². The Morgan fingerprint density at radius 1 is 1.53 bits per heavy atom. The van der Waals surface area contributed by atoms with Gasteiger partial charge in [0.1, 0.15) is 12.4 Å². The molecule has 90 valence electrons. The highest BCUT2D eigenvalue weighted by atomic mass is 16.5. The summed E-state index contributed by atoms with van der Waals surface area (Å²) in [5.41, 5.74) is 0.863. The SMILES string of the molecule is COc1cccc(COC(=O)C(C)CC#N)c1. The van der Waals surface area contributed by atoms with Gasteiger partial charge in [-0.15, -0.1) is 0 Å². The first-order valence-corrected chi connectivity index (χ1v) is 5.34. The van der Waals surface area contributed by atoms with Crippen molar-refractivity contribution in [3.8, 4) is 11.8 Å². The first kappa shape index (κ1) is 13.0. The fourth-order valence-corrected chi connectivity index (χ4v) is 1.28. The van der Waals surface area contributed by atoms with E-state index in [2.05, 4.69) is 0 Å². The Hall–Kier alpha value is -2.02. The van der Waals surface area contributed by atoms with Crippen LogP contribution in [0.25, 0.3) is 0 Å². The Balaban J connectivity index is 2.50. The lowest BCUT2D eigenvalue weighted by Gasteiger charge is -2.09. The normalized spacial score (nSPS) is 11.4. The molecular formula is C13H15NO3. The van der Waals surface area contributed by atoms with E-state index < -0.39 is 0 Å². The predicted molar refractivity (Wildman–Crippen MR) is 62.2 cm³/mol.